The minimum absolute atomic E-state index is 0.0425. The van der Waals surface area contributed by atoms with Crippen molar-refractivity contribution < 1.29 is 19.4 Å². The maximum Gasteiger partial charge on any atom is 0.205 e. The number of aliphatic hydroxyl groups is 1. The molecule has 0 saturated heterocycles. The Hall–Kier alpha value is -2.31. The molecule has 2 aromatic heterocycles. The van der Waals surface area contributed by atoms with Crippen molar-refractivity contribution in [2.75, 3.05) is 0 Å². The highest BCUT2D eigenvalue weighted by molar-refractivity contribution is 7.13. The first-order chi connectivity index (χ1) is 11.4. The van der Waals surface area contributed by atoms with E-state index in [9.17, 15) is 15.0 Å². The fourth-order valence-electron chi connectivity index (χ4n) is 2.96. The lowest BCUT2D eigenvalue weighted by Gasteiger charge is -2.37. The number of hydrogen-bond donors (Lipinski definition) is 2. The Kier molecular flexibility index (Phi) is 3.23. The van der Waals surface area contributed by atoms with Crippen LogP contribution in [0.3, 0.4) is 0 Å². The Balaban J connectivity index is 2.06. The van der Waals surface area contributed by atoms with Gasteiger partial charge in [-0.1, -0.05) is 6.07 Å². The molecule has 24 heavy (non-hydrogen) atoms. The van der Waals surface area contributed by atoms with Crippen molar-refractivity contribution in [1.82, 2.24) is 0 Å². The number of rotatable bonds is 1. The molecule has 3 heterocycles. The van der Waals surface area contributed by atoms with Gasteiger partial charge in [-0.05, 0) is 25.3 Å². The van der Waals surface area contributed by atoms with Gasteiger partial charge in [-0.2, -0.15) is 0 Å². The number of ether oxygens (including phenoxy) is 1. The lowest BCUT2D eigenvalue weighted by molar-refractivity contribution is -0.0406. The summed E-state index contributed by atoms with van der Waals surface area (Å²) in [6.07, 6.45) is 0.846. The summed E-state index contributed by atoms with van der Waals surface area (Å²) < 4.78 is 11.5. The number of phenols is 1. The molecule has 0 aliphatic carbocycles. The van der Waals surface area contributed by atoms with Crippen LogP contribution >= 0.6 is 11.3 Å². The van der Waals surface area contributed by atoms with Gasteiger partial charge in [-0.25, -0.2) is 0 Å². The van der Waals surface area contributed by atoms with Gasteiger partial charge in [0.1, 0.15) is 34.3 Å². The molecule has 4 rings (SSSR count). The van der Waals surface area contributed by atoms with Crippen LogP contribution in [0.5, 0.6) is 11.5 Å². The average Bonchev–Trinajstić information content (AvgIpc) is 3.03. The molecule has 3 aromatic rings. The van der Waals surface area contributed by atoms with Crippen LogP contribution in [0.25, 0.3) is 21.4 Å². The highest BCUT2D eigenvalue weighted by Gasteiger charge is 2.38. The van der Waals surface area contributed by atoms with Crippen LogP contribution in [0.4, 0.5) is 0 Å². The summed E-state index contributed by atoms with van der Waals surface area (Å²) in [5, 5.41) is 22.6. The van der Waals surface area contributed by atoms with Crippen LogP contribution < -0.4 is 10.2 Å². The second kappa shape index (κ2) is 5.09. The lowest BCUT2D eigenvalue weighted by atomic mass is 9.89. The van der Waals surface area contributed by atoms with Gasteiger partial charge in [-0.15, -0.1) is 11.3 Å². The van der Waals surface area contributed by atoms with Gasteiger partial charge in [0.05, 0.1) is 11.7 Å². The van der Waals surface area contributed by atoms with E-state index in [0.717, 1.165) is 4.88 Å². The highest BCUT2D eigenvalue weighted by atomic mass is 32.1. The lowest BCUT2D eigenvalue weighted by Crippen LogP contribution is -2.46. The summed E-state index contributed by atoms with van der Waals surface area (Å²) in [6, 6.07) is 5.12. The first kappa shape index (κ1) is 15.2. The summed E-state index contributed by atoms with van der Waals surface area (Å²) >= 11 is 1.45. The molecule has 0 amide bonds. The number of aliphatic hydroxyl groups excluding tert-OH is 1. The fraction of sp³-hybridized carbons (Fsp3) is 0.278. The topological polar surface area (TPSA) is 79.9 Å². The third-order valence-corrected chi connectivity index (χ3v) is 5.35. The number of hydrogen-bond acceptors (Lipinski definition) is 6. The molecular weight excluding hydrogens is 328 g/mol. The van der Waals surface area contributed by atoms with Crippen molar-refractivity contribution >= 4 is 22.3 Å². The van der Waals surface area contributed by atoms with E-state index in [1.54, 1.807) is 13.8 Å². The third kappa shape index (κ3) is 2.14. The van der Waals surface area contributed by atoms with Crippen LogP contribution in [0.15, 0.2) is 39.1 Å². The first-order valence-corrected chi connectivity index (χ1v) is 8.48. The molecule has 1 aliphatic rings. The zero-order chi connectivity index (χ0) is 17.1. The first-order valence-electron chi connectivity index (χ1n) is 7.60. The normalized spacial score (nSPS) is 19.0. The minimum Gasteiger partial charge on any atom is -0.507 e. The van der Waals surface area contributed by atoms with Crippen LogP contribution in [-0.2, 0) is 6.42 Å². The maximum atomic E-state index is 13.0. The van der Waals surface area contributed by atoms with Crippen molar-refractivity contribution in [3.8, 4) is 21.9 Å². The Morgan fingerprint density at radius 2 is 2.17 bits per heavy atom. The summed E-state index contributed by atoms with van der Waals surface area (Å²) in [5.41, 5.74) is 0.0905. The molecule has 124 valence electrons. The Morgan fingerprint density at radius 1 is 1.38 bits per heavy atom. The average molecular weight is 344 g/mol. The summed E-state index contributed by atoms with van der Waals surface area (Å²) in [6.45, 7) is 3.50. The number of fused-ring (bicyclic) bond motifs is 3. The molecule has 0 spiro atoms. The van der Waals surface area contributed by atoms with E-state index in [4.69, 9.17) is 9.15 Å². The SMILES string of the molecule is CC1(C)Oc2c(c(O)cc3occ(-c4cccs4)c(=O)c23)CC1O. The van der Waals surface area contributed by atoms with E-state index in [1.807, 2.05) is 17.5 Å². The number of phenolic OH excluding ortho intramolecular Hbond substituents is 1. The molecule has 0 radical (unpaired) electrons. The van der Waals surface area contributed by atoms with Crippen molar-refractivity contribution in [3.05, 3.63) is 45.6 Å². The molecule has 0 saturated carbocycles. The maximum absolute atomic E-state index is 13.0. The second-order valence-corrected chi connectivity index (χ2v) is 7.41. The highest BCUT2D eigenvalue weighted by Crippen LogP contribution is 2.43. The Labute approximate surface area is 141 Å². The standard InChI is InChI=1S/C18H16O5S/c1-18(2)14(20)6-9-11(19)7-12-15(17(9)23-18)16(21)10(8-22-12)13-4-3-5-24-13/h3-5,7-8,14,19-20H,6H2,1-2H3. The van der Waals surface area contributed by atoms with Crippen molar-refractivity contribution in [1.29, 1.82) is 0 Å². The molecule has 1 aromatic carbocycles. The van der Waals surface area contributed by atoms with E-state index in [1.165, 1.54) is 23.7 Å². The zero-order valence-corrected chi connectivity index (χ0v) is 14.0. The largest absolute Gasteiger partial charge is 0.507 e. The molecular formula is C18H16O5S. The quantitative estimate of drug-likeness (QED) is 0.708. The summed E-state index contributed by atoms with van der Waals surface area (Å²) in [5.74, 6) is 0.256. The predicted octanol–water partition coefficient (Wildman–Crippen LogP) is 3.30. The molecule has 0 bridgehead atoms. The van der Waals surface area contributed by atoms with Crippen molar-refractivity contribution in [2.24, 2.45) is 0 Å². The monoisotopic (exact) mass is 344 g/mol. The molecule has 5 nitrogen and oxygen atoms in total. The van der Waals surface area contributed by atoms with Gasteiger partial charge in [0.25, 0.3) is 0 Å². The Bertz CT molecular complexity index is 985. The fourth-order valence-corrected chi connectivity index (χ4v) is 3.69. The van der Waals surface area contributed by atoms with E-state index in [0.29, 0.717) is 22.3 Å². The molecule has 1 aliphatic heterocycles. The number of thiophene rings is 1. The minimum atomic E-state index is -0.862. The van der Waals surface area contributed by atoms with Crippen LogP contribution in [0.1, 0.15) is 19.4 Å². The summed E-state index contributed by atoms with van der Waals surface area (Å²) in [7, 11) is 0. The van der Waals surface area contributed by atoms with Crippen LogP contribution in [0.2, 0.25) is 0 Å². The molecule has 1 unspecified atom stereocenters. The Morgan fingerprint density at radius 3 is 2.88 bits per heavy atom. The smallest absolute Gasteiger partial charge is 0.205 e. The number of aromatic hydroxyl groups is 1. The number of benzene rings is 1. The predicted molar refractivity (Wildman–Crippen MR) is 91.9 cm³/mol. The second-order valence-electron chi connectivity index (χ2n) is 6.46. The summed E-state index contributed by atoms with van der Waals surface area (Å²) in [4.78, 5) is 13.8. The van der Waals surface area contributed by atoms with E-state index in [-0.39, 0.29) is 23.2 Å². The zero-order valence-electron chi connectivity index (χ0n) is 13.2. The van der Waals surface area contributed by atoms with Gasteiger partial charge < -0.3 is 19.4 Å². The van der Waals surface area contributed by atoms with Crippen LogP contribution in [-0.4, -0.2) is 21.9 Å². The van der Waals surface area contributed by atoms with Crippen molar-refractivity contribution in [2.45, 2.75) is 32.0 Å². The van der Waals surface area contributed by atoms with E-state index in [2.05, 4.69) is 0 Å². The van der Waals surface area contributed by atoms with Gasteiger partial charge in [0, 0.05) is 22.9 Å². The molecule has 6 heteroatoms. The van der Waals surface area contributed by atoms with Crippen molar-refractivity contribution in [3.63, 3.8) is 0 Å². The van der Waals surface area contributed by atoms with Gasteiger partial charge in [-0.3, -0.25) is 4.79 Å². The third-order valence-electron chi connectivity index (χ3n) is 4.45. The molecule has 1 atom stereocenters. The molecule has 0 fully saturated rings. The van der Waals surface area contributed by atoms with Gasteiger partial charge >= 0.3 is 0 Å². The van der Waals surface area contributed by atoms with Gasteiger partial charge in [0.15, 0.2) is 0 Å². The van der Waals surface area contributed by atoms with Gasteiger partial charge in [0.2, 0.25) is 5.43 Å². The van der Waals surface area contributed by atoms with Crippen LogP contribution in [0, 0.1) is 0 Å². The molecule has 2 N–H and O–H groups in total. The van der Waals surface area contributed by atoms with E-state index >= 15 is 0 Å². The van der Waals surface area contributed by atoms with E-state index < -0.39 is 11.7 Å².